The van der Waals surface area contributed by atoms with Crippen molar-refractivity contribution in [3.05, 3.63) is 28.5 Å². The summed E-state index contributed by atoms with van der Waals surface area (Å²) in [6.07, 6.45) is 2.73. The zero-order chi connectivity index (χ0) is 13.4. The molecule has 0 amide bonds. The highest BCUT2D eigenvalue weighted by atomic mass is 32.1. The third-order valence-corrected chi connectivity index (χ3v) is 4.40. The Balaban J connectivity index is 1.87. The number of fused-ring (bicyclic) bond motifs is 1. The summed E-state index contributed by atoms with van der Waals surface area (Å²) in [4.78, 5) is 5.88. The molecule has 1 aromatic heterocycles. The predicted octanol–water partition coefficient (Wildman–Crippen LogP) is 3.49. The van der Waals surface area contributed by atoms with Gasteiger partial charge in [-0.25, -0.2) is 0 Å². The van der Waals surface area contributed by atoms with Crippen molar-refractivity contribution in [3.8, 4) is 0 Å². The molecule has 1 aromatic carbocycles. The first-order valence-electron chi connectivity index (χ1n) is 7.13. The number of likely N-dealkylation sites (N-methyl/N-ethyl adjacent to an activating group) is 1. The Labute approximate surface area is 119 Å². The maximum atomic E-state index is 5.47. The number of para-hydroxylation sites is 1. The van der Waals surface area contributed by atoms with Gasteiger partial charge in [-0.3, -0.25) is 4.90 Å². The van der Waals surface area contributed by atoms with Gasteiger partial charge in [-0.1, -0.05) is 19.1 Å². The topological polar surface area (TPSA) is 24.0 Å². The lowest BCUT2D eigenvalue weighted by Gasteiger charge is -2.20. The number of imidazole rings is 1. The zero-order valence-electron chi connectivity index (χ0n) is 11.6. The van der Waals surface area contributed by atoms with Gasteiger partial charge in [-0.05, 0) is 50.2 Å². The van der Waals surface area contributed by atoms with Crippen LogP contribution in [0.25, 0.3) is 11.0 Å². The molecule has 1 aliphatic rings. The molecule has 0 radical (unpaired) electrons. The lowest BCUT2D eigenvalue weighted by molar-refractivity contribution is 0.267. The van der Waals surface area contributed by atoms with E-state index < -0.39 is 0 Å². The van der Waals surface area contributed by atoms with E-state index in [0.717, 1.165) is 36.0 Å². The van der Waals surface area contributed by atoms with Gasteiger partial charge in [-0.2, -0.15) is 0 Å². The van der Waals surface area contributed by atoms with Crippen LogP contribution in [0.4, 0.5) is 0 Å². The largest absolute Gasteiger partial charge is 0.331 e. The average molecular weight is 275 g/mol. The molecule has 1 N–H and O–H groups in total. The van der Waals surface area contributed by atoms with Crippen LogP contribution >= 0.6 is 12.2 Å². The third kappa shape index (κ3) is 2.47. The predicted molar refractivity (Wildman–Crippen MR) is 82.1 cm³/mol. The molecule has 0 saturated heterocycles. The summed E-state index contributed by atoms with van der Waals surface area (Å²) in [6.45, 7) is 7.61. The van der Waals surface area contributed by atoms with Crippen LogP contribution in [0.3, 0.4) is 0 Å². The number of aromatic amines is 1. The van der Waals surface area contributed by atoms with E-state index in [9.17, 15) is 0 Å². The molecular weight excluding hydrogens is 254 g/mol. The SMILES string of the molecule is CCN(CCn1c(=S)[nH]c2cccc(C)c21)C1CC1. The Hall–Kier alpha value is -1.13. The number of hydrogen-bond donors (Lipinski definition) is 1. The van der Waals surface area contributed by atoms with Crippen LogP contribution in [0.5, 0.6) is 0 Å². The fraction of sp³-hybridized carbons (Fsp3) is 0.533. The van der Waals surface area contributed by atoms with E-state index in [2.05, 4.69) is 46.5 Å². The molecule has 0 aliphatic heterocycles. The Morgan fingerprint density at radius 2 is 2.21 bits per heavy atom. The molecule has 4 heteroatoms. The molecular formula is C15H21N3S. The highest BCUT2D eigenvalue weighted by Crippen LogP contribution is 2.26. The van der Waals surface area contributed by atoms with Gasteiger partial charge in [-0.15, -0.1) is 0 Å². The Morgan fingerprint density at radius 1 is 1.42 bits per heavy atom. The Kier molecular flexibility index (Phi) is 3.46. The van der Waals surface area contributed by atoms with Gasteiger partial charge in [0.05, 0.1) is 11.0 Å². The number of aryl methyl sites for hydroxylation is 1. The maximum absolute atomic E-state index is 5.47. The lowest BCUT2D eigenvalue weighted by Crippen LogP contribution is -2.29. The first kappa shape index (κ1) is 12.9. The van der Waals surface area contributed by atoms with Crippen molar-refractivity contribution in [1.29, 1.82) is 0 Å². The van der Waals surface area contributed by atoms with E-state index >= 15 is 0 Å². The lowest BCUT2D eigenvalue weighted by atomic mass is 10.2. The molecule has 1 aliphatic carbocycles. The number of nitrogens with one attached hydrogen (secondary N) is 1. The van der Waals surface area contributed by atoms with E-state index in [1.54, 1.807) is 0 Å². The standard InChI is InChI=1S/C15H21N3S/c1-3-17(12-7-8-12)9-10-18-14-11(2)5-4-6-13(14)16-15(18)19/h4-6,12H,3,7-10H2,1-2H3,(H,16,19). The molecule has 0 spiro atoms. The Morgan fingerprint density at radius 3 is 2.89 bits per heavy atom. The highest BCUT2D eigenvalue weighted by Gasteiger charge is 2.27. The van der Waals surface area contributed by atoms with Gasteiger partial charge in [0.2, 0.25) is 0 Å². The van der Waals surface area contributed by atoms with Crippen LogP contribution in [-0.4, -0.2) is 33.6 Å². The summed E-state index contributed by atoms with van der Waals surface area (Å²) in [6, 6.07) is 7.16. The molecule has 102 valence electrons. The molecule has 2 aromatic rings. The van der Waals surface area contributed by atoms with Gasteiger partial charge >= 0.3 is 0 Å². The van der Waals surface area contributed by atoms with Crippen molar-refractivity contribution in [1.82, 2.24) is 14.5 Å². The van der Waals surface area contributed by atoms with E-state index in [0.29, 0.717) is 0 Å². The number of H-pyrrole nitrogens is 1. The van der Waals surface area contributed by atoms with Crippen LogP contribution in [-0.2, 0) is 6.54 Å². The molecule has 0 unspecified atom stereocenters. The van der Waals surface area contributed by atoms with Gasteiger partial charge in [0.1, 0.15) is 0 Å². The summed E-state index contributed by atoms with van der Waals surface area (Å²) in [5.74, 6) is 0. The van der Waals surface area contributed by atoms with E-state index in [-0.39, 0.29) is 0 Å². The second-order valence-corrected chi connectivity index (χ2v) is 5.80. The summed E-state index contributed by atoms with van der Waals surface area (Å²) >= 11 is 5.47. The van der Waals surface area contributed by atoms with Crippen LogP contribution in [0.2, 0.25) is 0 Å². The smallest absolute Gasteiger partial charge is 0.178 e. The van der Waals surface area contributed by atoms with Crippen LogP contribution < -0.4 is 0 Å². The molecule has 1 fully saturated rings. The summed E-state index contributed by atoms with van der Waals surface area (Å²) in [5, 5.41) is 0. The van der Waals surface area contributed by atoms with Gasteiger partial charge in [0.15, 0.2) is 4.77 Å². The van der Waals surface area contributed by atoms with Crippen molar-refractivity contribution in [2.24, 2.45) is 0 Å². The fourth-order valence-electron chi connectivity index (χ4n) is 2.88. The molecule has 0 bridgehead atoms. The maximum Gasteiger partial charge on any atom is 0.178 e. The number of hydrogen-bond acceptors (Lipinski definition) is 2. The summed E-state index contributed by atoms with van der Waals surface area (Å²) in [7, 11) is 0. The van der Waals surface area contributed by atoms with E-state index in [1.165, 1.54) is 23.9 Å². The van der Waals surface area contributed by atoms with Crippen LogP contribution in [0.1, 0.15) is 25.3 Å². The second-order valence-electron chi connectivity index (χ2n) is 5.41. The average Bonchev–Trinajstić information content (AvgIpc) is 3.16. The normalized spacial score (nSPS) is 15.5. The first-order chi connectivity index (χ1) is 9.20. The monoisotopic (exact) mass is 275 g/mol. The van der Waals surface area contributed by atoms with Crippen LogP contribution in [0.15, 0.2) is 18.2 Å². The number of benzene rings is 1. The molecule has 19 heavy (non-hydrogen) atoms. The van der Waals surface area contributed by atoms with E-state index in [4.69, 9.17) is 12.2 Å². The van der Waals surface area contributed by atoms with Crippen molar-refractivity contribution < 1.29 is 0 Å². The van der Waals surface area contributed by atoms with Crippen molar-refractivity contribution >= 4 is 23.3 Å². The first-order valence-corrected chi connectivity index (χ1v) is 7.53. The van der Waals surface area contributed by atoms with E-state index in [1.807, 2.05) is 0 Å². The molecule has 0 atom stereocenters. The molecule has 3 rings (SSSR count). The quantitative estimate of drug-likeness (QED) is 0.845. The number of aromatic nitrogens is 2. The number of nitrogens with zero attached hydrogens (tertiary/aromatic N) is 2. The van der Waals surface area contributed by atoms with Crippen molar-refractivity contribution in [3.63, 3.8) is 0 Å². The summed E-state index contributed by atoms with van der Waals surface area (Å²) < 4.78 is 3.10. The van der Waals surface area contributed by atoms with Gasteiger partial charge < -0.3 is 9.55 Å². The van der Waals surface area contributed by atoms with Crippen LogP contribution in [0, 0.1) is 11.7 Å². The minimum absolute atomic E-state index is 0.825. The Bertz CT molecular complexity index is 636. The van der Waals surface area contributed by atoms with Gasteiger partial charge in [0.25, 0.3) is 0 Å². The third-order valence-electron chi connectivity index (χ3n) is 4.07. The van der Waals surface area contributed by atoms with Crippen molar-refractivity contribution in [2.75, 3.05) is 13.1 Å². The zero-order valence-corrected chi connectivity index (χ0v) is 12.5. The van der Waals surface area contributed by atoms with Crippen molar-refractivity contribution in [2.45, 2.75) is 39.3 Å². The summed E-state index contributed by atoms with van der Waals surface area (Å²) in [5.41, 5.74) is 3.71. The number of rotatable bonds is 5. The molecule has 3 nitrogen and oxygen atoms in total. The fourth-order valence-corrected chi connectivity index (χ4v) is 3.18. The second kappa shape index (κ2) is 5.10. The minimum atomic E-state index is 0.825. The molecule has 1 heterocycles. The minimum Gasteiger partial charge on any atom is -0.331 e. The highest BCUT2D eigenvalue weighted by molar-refractivity contribution is 7.71. The van der Waals surface area contributed by atoms with Gasteiger partial charge in [0, 0.05) is 19.1 Å². The molecule has 1 saturated carbocycles.